The molecule has 0 unspecified atom stereocenters. The molecule has 0 saturated carbocycles. The molecule has 3 nitrogen and oxygen atoms in total. The smallest absolute Gasteiger partial charge is 0.222 e. The number of carbonyl (C=O) groups is 1. The maximum Gasteiger partial charge on any atom is 0.222 e. The Morgan fingerprint density at radius 2 is 2.43 bits per heavy atom. The van der Waals surface area contributed by atoms with Crippen molar-refractivity contribution < 1.29 is 4.79 Å². The molecule has 0 aromatic carbocycles. The van der Waals surface area contributed by atoms with Crippen molar-refractivity contribution >= 4 is 21.8 Å². The van der Waals surface area contributed by atoms with Gasteiger partial charge in [-0.05, 0) is 34.0 Å². The van der Waals surface area contributed by atoms with Gasteiger partial charge in [-0.1, -0.05) is 0 Å². The lowest BCUT2D eigenvalue weighted by molar-refractivity contribution is -0.128. The Labute approximate surface area is 91.3 Å². The van der Waals surface area contributed by atoms with Crippen LogP contribution in [0.25, 0.3) is 0 Å². The van der Waals surface area contributed by atoms with Gasteiger partial charge in [0.25, 0.3) is 0 Å². The molecule has 4 heteroatoms. The third-order valence-electron chi connectivity index (χ3n) is 2.39. The fourth-order valence-electron chi connectivity index (χ4n) is 1.61. The highest BCUT2D eigenvalue weighted by molar-refractivity contribution is 9.10. The Bertz CT molecular complexity index is 354. The number of halogens is 1. The second-order valence-corrected chi connectivity index (χ2v) is 4.24. The van der Waals surface area contributed by atoms with Gasteiger partial charge in [0.1, 0.15) is 0 Å². The molecule has 74 valence electrons. The first-order valence-corrected chi connectivity index (χ1v) is 5.43. The van der Waals surface area contributed by atoms with E-state index >= 15 is 0 Å². The number of pyridine rings is 1. The van der Waals surface area contributed by atoms with Crippen LogP contribution in [0.1, 0.15) is 18.4 Å². The lowest BCUT2D eigenvalue weighted by Gasteiger charge is -2.15. The van der Waals surface area contributed by atoms with Crippen LogP contribution in [0.15, 0.2) is 22.9 Å². The van der Waals surface area contributed by atoms with Crippen LogP contribution in [0.5, 0.6) is 0 Å². The summed E-state index contributed by atoms with van der Waals surface area (Å²) < 4.78 is 0.972. The molecule has 1 saturated heterocycles. The number of nitrogens with zero attached hydrogens (tertiary/aromatic N) is 2. The fourth-order valence-corrected chi connectivity index (χ4v) is 1.98. The zero-order valence-corrected chi connectivity index (χ0v) is 9.33. The van der Waals surface area contributed by atoms with E-state index in [9.17, 15) is 4.79 Å². The zero-order valence-electron chi connectivity index (χ0n) is 7.74. The second-order valence-electron chi connectivity index (χ2n) is 3.39. The number of rotatable bonds is 2. The predicted molar refractivity (Wildman–Crippen MR) is 56.6 cm³/mol. The van der Waals surface area contributed by atoms with Crippen molar-refractivity contribution in [2.75, 3.05) is 6.54 Å². The number of carbonyl (C=O) groups excluding carboxylic acids is 1. The molecule has 14 heavy (non-hydrogen) atoms. The quantitative estimate of drug-likeness (QED) is 0.809. The second kappa shape index (κ2) is 4.09. The summed E-state index contributed by atoms with van der Waals surface area (Å²) in [5.41, 5.74) is 1.12. The molecular formula is C10H11BrN2O. The van der Waals surface area contributed by atoms with Crippen LogP contribution in [0.2, 0.25) is 0 Å². The summed E-state index contributed by atoms with van der Waals surface area (Å²) in [6, 6.07) is 1.94. The van der Waals surface area contributed by atoms with Gasteiger partial charge in [0.15, 0.2) is 0 Å². The third-order valence-corrected chi connectivity index (χ3v) is 3.10. The van der Waals surface area contributed by atoms with Crippen LogP contribution in [-0.2, 0) is 11.3 Å². The van der Waals surface area contributed by atoms with Gasteiger partial charge in [-0.15, -0.1) is 0 Å². The molecule has 1 aromatic rings. The van der Waals surface area contributed by atoms with E-state index in [1.807, 2.05) is 11.0 Å². The minimum absolute atomic E-state index is 0.258. The van der Waals surface area contributed by atoms with Gasteiger partial charge in [0, 0.05) is 36.4 Å². The highest BCUT2D eigenvalue weighted by Gasteiger charge is 2.20. The molecule has 1 aliphatic rings. The molecule has 0 N–H and O–H groups in total. The first kappa shape index (κ1) is 9.65. The predicted octanol–water partition coefficient (Wildman–Crippen LogP) is 1.97. The van der Waals surface area contributed by atoms with Gasteiger partial charge < -0.3 is 4.90 Å². The normalized spacial score (nSPS) is 16.4. The summed E-state index contributed by atoms with van der Waals surface area (Å²) in [6.45, 7) is 1.58. The van der Waals surface area contributed by atoms with Crippen LogP contribution < -0.4 is 0 Å². The van der Waals surface area contributed by atoms with E-state index in [0.717, 1.165) is 23.0 Å². The van der Waals surface area contributed by atoms with E-state index in [0.29, 0.717) is 13.0 Å². The minimum atomic E-state index is 0.258. The molecule has 2 heterocycles. The van der Waals surface area contributed by atoms with E-state index in [1.165, 1.54) is 0 Å². The van der Waals surface area contributed by atoms with E-state index in [4.69, 9.17) is 0 Å². The number of amides is 1. The summed E-state index contributed by atoms with van der Waals surface area (Å²) in [5, 5.41) is 0. The van der Waals surface area contributed by atoms with Crippen molar-refractivity contribution in [2.45, 2.75) is 19.4 Å². The number of hydrogen-bond acceptors (Lipinski definition) is 2. The summed E-state index contributed by atoms with van der Waals surface area (Å²) in [7, 11) is 0. The van der Waals surface area contributed by atoms with Crippen LogP contribution in [-0.4, -0.2) is 22.3 Å². The van der Waals surface area contributed by atoms with Crippen molar-refractivity contribution in [3.63, 3.8) is 0 Å². The first-order valence-electron chi connectivity index (χ1n) is 4.63. The molecular weight excluding hydrogens is 244 g/mol. The standard InChI is InChI=1S/C10H11BrN2O/c11-9-6-12-4-3-8(9)7-13-5-1-2-10(13)14/h3-4,6H,1-2,5,7H2. The van der Waals surface area contributed by atoms with E-state index < -0.39 is 0 Å². The van der Waals surface area contributed by atoms with Gasteiger partial charge in [-0.25, -0.2) is 0 Å². The average molecular weight is 255 g/mol. The Morgan fingerprint density at radius 1 is 1.57 bits per heavy atom. The summed E-state index contributed by atoms with van der Waals surface area (Å²) in [4.78, 5) is 17.3. The number of aromatic nitrogens is 1. The maximum atomic E-state index is 11.4. The van der Waals surface area contributed by atoms with E-state index in [-0.39, 0.29) is 5.91 Å². The lowest BCUT2D eigenvalue weighted by Crippen LogP contribution is -2.23. The molecule has 1 aromatic heterocycles. The van der Waals surface area contributed by atoms with Crippen LogP contribution in [0, 0.1) is 0 Å². The van der Waals surface area contributed by atoms with Crippen molar-refractivity contribution in [1.82, 2.24) is 9.88 Å². The Kier molecular flexibility index (Phi) is 2.82. The number of hydrogen-bond donors (Lipinski definition) is 0. The summed E-state index contributed by atoms with van der Waals surface area (Å²) in [6.07, 6.45) is 5.20. The molecule has 2 rings (SSSR count). The average Bonchev–Trinajstić information content (AvgIpc) is 2.56. The zero-order chi connectivity index (χ0) is 9.97. The van der Waals surface area contributed by atoms with E-state index in [1.54, 1.807) is 12.4 Å². The van der Waals surface area contributed by atoms with Crippen molar-refractivity contribution in [2.24, 2.45) is 0 Å². The Hall–Kier alpha value is -0.900. The van der Waals surface area contributed by atoms with E-state index in [2.05, 4.69) is 20.9 Å². The van der Waals surface area contributed by atoms with Gasteiger partial charge >= 0.3 is 0 Å². The molecule has 0 atom stereocenters. The van der Waals surface area contributed by atoms with Gasteiger partial charge in [0.05, 0.1) is 0 Å². The maximum absolute atomic E-state index is 11.4. The summed E-state index contributed by atoms with van der Waals surface area (Å²) >= 11 is 3.42. The third kappa shape index (κ3) is 1.95. The minimum Gasteiger partial charge on any atom is -0.338 e. The first-order chi connectivity index (χ1) is 6.77. The largest absolute Gasteiger partial charge is 0.338 e. The molecule has 1 fully saturated rings. The molecule has 1 amide bonds. The highest BCUT2D eigenvalue weighted by atomic mass is 79.9. The van der Waals surface area contributed by atoms with Crippen molar-refractivity contribution in [1.29, 1.82) is 0 Å². The van der Waals surface area contributed by atoms with Gasteiger partial charge in [-0.3, -0.25) is 9.78 Å². The van der Waals surface area contributed by atoms with Crippen LogP contribution in [0.4, 0.5) is 0 Å². The topological polar surface area (TPSA) is 33.2 Å². The van der Waals surface area contributed by atoms with Gasteiger partial charge in [-0.2, -0.15) is 0 Å². The van der Waals surface area contributed by atoms with Gasteiger partial charge in [0.2, 0.25) is 5.91 Å². The summed E-state index contributed by atoms with van der Waals surface area (Å²) in [5.74, 6) is 0.258. The van der Waals surface area contributed by atoms with Crippen LogP contribution >= 0.6 is 15.9 Å². The fraction of sp³-hybridized carbons (Fsp3) is 0.400. The SMILES string of the molecule is O=C1CCCN1Cc1ccncc1Br. The molecule has 0 bridgehead atoms. The Balaban J connectivity index is 2.10. The monoisotopic (exact) mass is 254 g/mol. The molecule has 0 spiro atoms. The lowest BCUT2D eigenvalue weighted by atomic mass is 10.2. The van der Waals surface area contributed by atoms with Crippen molar-refractivity contribution in [3.05, 3.63) is 28.5 Å². The molecule has 0 radical (unpaired) electrons. The number of likely N-dealkylation sites (tertiary alicyclic amines) is 1. The van der Waals surface area contributed by atoms with Crippen molar-refractivity contribution in [3.8, 4) is 0 Å². The molecule has 0 aliphatic carbocycles. The van der Waals surface area contributed by atoms with Crippen LogP contribution in [0.3, 0.4) is 0 Å². The Morgan fingerprint density at radius 3 is 3.07 bits per heavy atom. The molecule has 1 aliphatic heterocycles. The highest BCUT2D eigenvalue weighted by Crippen LogP contribution is 2.19.